The summed E-state index contributed by atoms with van der Waals surface area (Å²) in [6.07, 6.45) is 0. The number of esters is 1. The molecule has 174 valence electrons. The van der Waals surface area contributed by atoms with E-state index in [9.17, 15) is 14.4 Å². The third-order valence-electron chi connectivity index (χ3n) is 5.11. The number of para-hydroxylation sites is 2. The highest BCUT2D eigenvalue weighted by atomic mass is 35.5. The van der Waals surface area contributed by atoms with Crippen LogP contribution in [-0.2, 0) is 20.9 Å². The number of benzene rings is 3. The van der Waals surface area contributed by atoms with E-state index in [0.717, 1.165) is 5.56 Å². The van der Waals surface area contributed by atoms with Crippen molar-refractivity contribution in [3.8, 4) is 11.5 Å². The van der Waals surface area contributed by atoms with Crippen LogP contribution in [0, 0.1) is 0 Å². The summed E-state index contributed by atoms with van der Waals surface area (Å²) in [5, 5.41) is 3.34. The van der Waals surface area contributed by atoms with Gasteiger partial charge in [0.15, 0.2) is 18.1 Å². The van der Waals surface area contributed by atoms with Crippen molar-refractivity contribution in [3.05, 3.63) is 82.9 Å². The van der Waals surface area contributed by atoms with Crippen molar-refractivity contribution in [2.75, 3.05) is 30.5 Å². The molecule has 4 rings (SSSR count). The molecule has 1 heterocycles. The highest BCUT2D eigenvalue weighted by Crippen LogP contribution is 2.30. The van der Waals surface area contributed by atoms with E-state index in [1.165, 1.54) is 24.1 Å². The van der Waals surface area contributed by atoms with E-state index < -0.39 is 18.5 Å². The Morgan fingerprint density at radius 2 is 1.79 bits per heavy atom. The van der Waals surface area contributed by atoms with Gasteiger partial charge < -0.3 is 19.5 Å². The maximum Gasteiger partial charge on any atom is 0.338 e. The van der Waals surface area contributed by atoms with Crippen LogP contribution in [0.3, 0.4) is 0 Å². The molecule has 0 radical (unpaired) electrons. The summed E-state index contributed by atoms with van der Waals surface area (Å²) in [5.41, 5.74) is 2.19. The first-order valence-electron chi connectivity index (χ1n) is 10.4. The molecular formula is C25H21ClN2O6. The number of amides is 2. The number of fused-ring (bicyclic) bond motifs is 1. The van der Waals surface area contributed by atoms with Gasteiger partial charge in [-0.2, -0.15) is 0 Å². The molecule has 0 aromatic heterocycles. The van der Waals surface area contributed by atoms with Gasteiger partial charge in [-0.3, -0.25) is 14.5 Å². The van der Waals surface area contributed by atoms with Gasteiger partial charge in [-0.1, -0.05) is 35.9 Å². The molecule has 34 heavy (non-hydrogen) atoms. The number of nitrogens with one attached hydrogen (secondary N) is 1. The number of ether oxygens (including phenoxy) is 3. The van der Waals surface area contributed by atoms with Crippen molar-refractivity contribution in [2.24, 2.45) is 0 Å². The predicted molar refractivity (Wildman–Crippen MR) is 126 cm³/mol. The fraction of sp³-hybridized carbons (Fsp3) is 0.160. The maximum atomic E-state index is 12.7. The summed E-state index contributed by atoms with van der Waals surface area (Å²) in [6.45, 7) is -0.380. The summed E-state index contributed by atoms with van der Waals surface area (Å²) < 4.78 is 16.3. The van der Waals surface area contributed by atoms with Crippen LogP contribution in [0.15, 0.2) is 66.7 Å². The van der Waals surface area contributed by atoms with E-state index >= 15 is 0 Å². The van der Waals surface area contributed by atoms with Crippen molar-refractivity contribution in [3.63, 3.8) is 0 Å². The van der Waals surface area contributed by atoms with Gasteiger partial charge in [0.25, 0.3) is 5.91 Å². The van der Waals surface area contributed by atoms with Crippen LogP contribution >= 0.6 is 11.6 Å². The summed E-state index contributed by atoms with van der Waals surface area (Å²) in [6, 6.07) is 18.8. The molecule has 0 atom stereocenters. The molecule has 0 saturated heterocycles. The Morgan fingerprint density at radius 1 is 1.03 bits per heavy atom. The number of methoxy groups -OCH3 is 1. The lowest BCUT2D eigenvalue weighted by molar-refractivity contribution is -0.124. The van der Waals surface area contributed by atoms with Crippen molar-refractivity contribution in [1.82, 2.24) is 0 Å². The van der Waals surface area contributed by atoms with Gasteiger partial charge in [0.05, 0.1) is 24.0 Å². The van der Waals surface area contributed by atoms with E-state index in [0.29, 0.717) is 27.9 Å². The molecule has 3 aromatic carbocycles. The second-order valence-electron chi connectivity index (χ2n) is 7.40. The third-order valence-corrected chi connectivity index (χ3v) is 5.36. The Kier molecular flexibility index (Phi) is 6.98. The zero-order valence-electron chi connectivity index (χ0n) is 18.2. The van der Waals surface area contributed by atoms with Crippen molar-refractivity contribution in [1.29, 1.82) is 0 Å². The van der Waals surface area contributed by atoms with Gasteiger partial charge >= 0.3 is 5.97 Å². The highest BCUT2D eigenvalue weighted by molar-refractivity contribution is 6.30. The zero-order chi connectivity index (χ0) is 24.1. The Bertz CT molecular complexity index is 1230. The van der Waals surface area contributed by atoms with E-state index in [1.54, 1.807) is 42.5 Å². The molecule has 9 heteroatoms. The number of hydrogen-bond donors (Lipinski definition) is 1. The second kappa shape index (κ2) is 10.3. The van der Waals surface area contributed by atoms with Crippen LogP contribution in [-0.4, -0.2) is 38.0 Å². The Hall–Kier alpha value is -4.04. The van der Waals surface area contributed by atoms with E-state index in [1.807, 2.05) is 12.1 Å². The molecular weight excluding hydrogens is 460 g/mol. The number of rotatable bonds is 7. The van der Waals surface area contributed by atoms with Crippen LogP contribution in [0.2, 0.25) is 5.02 Å². The summed E-state index contributed by atoms with van der Waals surface area (Å²) in [7, 11) is 1.46. The maximum absolute atomic E-state index is 12.7. The Labute approximate surface area is 201 Å². The first-order chi connectivity index (χ1) is 16.4. The Balaban J connectivity index is 1.39. The number of nitrogens with zero attached hydrogens (tertiary/aromatic N) is 1. The fourth-order valence-electron chi connectivity index (χ4n) is 3.40. The normalized spacial score (nSPS) is 12.4. The molecule has 0 spiro atoms. The summed E-state index contributed by atoms with van der Waals surface area (Å²) >= 11 is 5.90. The number of anilines is 2. The SMILES string of the molecule is COc1cc(C(=O)OCC(=O)N2CC(=O)Nc3ccccc32)ccc1OCc1ccc(Cl)cc1. The average Bonchev–Trinajstić information content (AvgIpc) is 2.86. The molecule has 1 N–H and O–H groups in total. The van der Waals surface area contributed by atoms with E-state index in [2.05, 4.69) is 5.32 Å². The zero-order valence-corrected chi connectivity index (χ0v) is 19.0. The van der Waals surface area contributed by atoms with Gasteiger partial charge in [-0.25, -0.2) is 4.79 Å². The van der Waals surface area contributed by atoms with Crippen LogP contribution in [0.4, 0.5) is 11.4 Å². The highest BCUT2D eigenvalue weighted by Gasteiger charge is 2.27. The summed E-state index contributed by atoms with van der Waals surface area (Å²) in [5.74, 6) is -0.745. The smallest absolute Gasteiger partial charge is 0.338 e. The first-order valence-corrected chi connectivity index (χ1v) is 10.7. The third kappa shape index (κ3) is 5.29. The minimum absolute atomic E-state index is 0.152. The van der Waals surface area contributed by atoms with Gasteiger partial charge in [-0.15, -0.1) is 0 Å². The van der Waals surface area contributed by atoms with Crippen LogP contribution in [0.1, 0.15) is 15.9 Å². The van der Waals surface area contributed by atoms with Crippen LogP contribution < -0.4 is 19.7 Å². The van der Waals surface area contributed by atoms with E-state index in [4.69, 9.17) is 25.8 Å². The Morgan fingerprint density at radius 3 is 2.56 bits per heavy atom. The molecule has 1 aliphatic heterocycles. The lowest BCUT2D eigenvalue weighted by Crippen LogP contribution is -2.44. The molecule has 1 aliphatic rings. The van der Waals surface area contributed by atoms with Crippen LogP contribution in [0.5, 0.6) is 11.5 Å². The quantitative estimate of drug-likeness (QED) is 0.512. The van der Waals surface area contributed by atoms with E-state index in [-0.39, 0.29) is 24.6 Å². The minimum Gasteiger partial charge on any atom is -0.493 e. The molecule has 8 nitrogen and oxygen atoms in total. The molecule has 3 aromatic rings. The fourth-order valence-corrected chi connectivity index (χ4v) is 3.53. The topological polar surface area (TPSA) is 94.2 Å². The molecule has 0 unspecified atom stereocenters. The lowest BCUT2D eigenvalue weighted by atomic mass is 10.2. The number of halogens is 1. The van der Waals surface area contributed by atoms with Crippen molar-refractivity contribution >= 4 is 40.8 Å². The molecule has 0 bridgehead atoms. The van der Waals surface area contributed by atoms with Crippen LogP contribution in [0.25, 0.3) is 0 Å². The minimum atomic E-state index is -0.703. The molecule has 0 aliphatic carbocycles. The average molecular weight is 481 g/mol. The lowest BCUT2D eigenvalue weighted by Gasteiger charge is -2.28. The van der Waals surface area contributed by atoms with Crippen molar-refractivity contribution in [2.45, 2.75) is 6.61 Å². The number of hydrogen-bond acceptors (Lipinski definition) is 6. The monoisotopic (exact) mass is 480 g/mol. The number of carbonyl (C=O) groups excluding carboxylic acids is 3. The molecule has 0 fully saturated rings. The first kappa shape index (κ1) is 23.1. The van der Waals surface area contributed by atoms with Gasteiger partial charge in [0.1, 0.15) is 13.2 Å². The number of carbonyl (C=O) groups is 3. The molecule has 2 amide bonds. The standard InChI is InChI=1S/C25H21ClN2O6/c1-32-22-12-17(8-11-21(22)33-14-16-6-9-18(26)10-7-16)25(31)34-15-24(30)28-13-23(29)27-19-4-2-3-5-20(19)28/h2-12H,13-15H2,1H3,(H,27,29). The van der Waals surface area contributed by atoms with Crippen molar-refractivity contribution < 1.29 is 28.6 Å². The second-order valence-corrected chi connectivity index (χ2v) is 7.84. The van der Waals surface area contributed by atoms with Gasteiger partial charge in [0, 0.05) is 5.02 Å². The predicted octanol–water partition coefficient (Wildman–Crippen LogP) is 4.07. The summed E-state index contributed by atoms with van der Waals surface area (Å²) in [4.78, 5) is 38.4. The van der Waals surface area contributed by atoms with Gasteiger partial charge in [-0.05, 0) is 48.0 Å². The van der Waals surface area contributed by atoms with Gasteiger partial charge in [0.2, 0.25) is 5.91 Å². The largest absolute Gasteiger partial charge is 0.493 e. The molecule has 0 saturated carbocycles.